The van der Waals surface area contributed by atoms with Crippen LogP contribution >= 0.6 is 0 Å². The van der Waals surface area contributed by atoms with E-state index in [4.69, 9.17) is 9.84 Å². The summed E-state index contributed by atoms with van der Waals surface area (Å²) >= 11 is 0. The summed E-state index contributed by atoms with van der Waals surface area (Å²) in [6.07, 6.45) is 1.05. The number of hydrogen-bond donors (Lipinski definition) is 2. The van der Waals surface area contributed by atoms with Gasteiger partial charge in [-0.2, -0.15) is 0 Å². The zero-order chi connectivity index (χ0) is 13.4. The topological polar surface area (TPSA) is 58.6 Å². The van der Waals surface area contributed by atoms with Gasteiger partial charge in [0.2, 0.25) is 5.91 Å². The highest BCUT2D eigenvalue weighted by molar-refractivity contribution is 5.78. The first kappa shape index (κ1) is 14.5. The Bertz CT molecular complexity index is 358. The van der Waals surface area contributed by atoms with Gasteiger partial charge in [-0.1, -0.05) is 19.1 Å². The Hall–Kier alpha value is -1.55. The van der Waals surface area contributed by atoms with E-state index >= 15 is 0 Å². The van der Waals surface area contributed by atoms with Crippen molar-refractivity contribution in [3.05, 3.63) is 29.8 Å². The molecule has 0 aliphatic rings. The van der Waals surface area contributed by atoms with Crippen LogP contribution in [0, 0.1) is 0 Å². The summed E-state index contributed by atoms with van der Waals surface area (Å²) in [5.41, 5.74) is 0.934. The number of nitrogens with one attached hydrogen (secondary N) is 1. The molecule has 100 valence electrons. The summed E-state index contributed by atoms with van der Waals surface area (Å²) in [6.45, 7) is 4.47. The summed E-state index contributed by atoms with van der Waals surface area (Å²) in [7, 11) is 0. The molecule has 0 aliphatic heterocycles. The first-order valence-electron chi connectivity index (χ1n) is 6.31. The highest BCUT2D eigenvalue weighted by Gasteiger charge is 2.09. The molecule has 1 rings (SSSR count). The molecule has 2 N–H and O–H groups in total. The molecule has 0 radical (unpaired) electrons. The predicted octanol–water partition coefficient (Wildman–Crippen LogP) is 1.51. The fraction of sp³-hybridized carbons (Fsp3) is 0.500. The molecule has 0 spiro atoms. The van der Waals surface area contributed by atoms with Crippen molar-refractivity contribution in [2.45, 2.75) is 32.7 Å². The number of aliphatic hydroxyl groups is 1. The van der Waals surface area contributed by atoms with Gasteiger partial charge in [-0.3, -0.25) is 4.79 Å². The molecule has 18 heavy (non-hydrogen) atoms. The molecule has 0 fully saturated rings. The molecule has 0 heterocycles. The Morgan fingerprint density at radius 2 is 2.00 bits per heavy atom. The number of hydrogen-bond acceptors (Lipinski definition) is 3. The second kappa shape index (κ2) is 7.71. The number of aliphatic hydroxyl groups excluding tert-OH is 1. The zero-order valence-electron chi connectivity index (χ0n) is 11.0. The maximum Gasteiger partial charge on any atom is 0.224 e. The van der Waals surface area contributed by atoms with Crippen molar-refractivity contribution in [2.24, 2.45) is 0 Å². The van der Waals surface area contributed by atoms with Crippen LogP contribution in [0.2, 0.25) is 0 Å². The maximum atomic E-state index is 11.7. The summed E-state index contributed by atoms with van der Waals surface area (Å²) in [5, 5.41) is 11.8. The van der Waals surface area contributed by atoms with E-state index in [1.807, 2.05) is 38.1 Å². The molecule has 1 amide bonds. The second-order valence-corrected chi connectivity index (χ2v) is 4.11. The molecular formula is C14H21NO3. The van der Waals surface area contributed by atoms with Crippen molar-refractivity contribution >= 4 is 5.91 Å². The quantitative estimate of drug-likeness (QED) is 0.772. The standard InChI is InChI=1S/C14H21NO3/c1-3-12(10-16)15-14(17)9-11-5-7-13(8-6-11)18-4-2/h5-8,12,16H,3-4,9-10H2,1-2H3,(H,15,17). The van der Waals surface area contributed by atoms with Crippen LogP contribution in [-0.2, 0) is 11.2 Å². The third-order valence-corrected chi connectivity index (χ3v) is 2.68. The van der Waals surface area contributed by atoms with Gasteiger partial charge in [0.15, 0.2) is 0 Å². The minimum absolute atomic E-state index is 0.0223. The Labute approximate surface area is 108 Å². The molecule has 1 atom stereocenters. The first-order valence-corrected chi connectivity index (χ1v) is 6.31. The molecular weight excluding hydrogens is 230 g/mol. The van der Waals surface area contributed by atoms with E-state index in [-0.39, 0.29) is 18.6 Å². The van der Waals surface area contributed by atoms with E-state index in [1.54, 1.807) is 0 Å². The van der Waals surface area contributed by atoms with Crippen molar-refractivity contribution in [1.29, 1.82) is 0 Å². The second-order valence-electron chi connectivity index (χ2n) is 4.11. The fourth-order valence-electron chi connectivity index (χ4n) is 1.61. The summed E-state index contributed by atoms with van der Waals surface area (Å²) in [4.78, 5) is 11.7. The van der Waals surface area contributed by atoms with E-state index < -0.39 is 0 Å². The normalized spacial score (nSPS) is 11.9. The lowest BCUT2D eigenvalue weighted by Gasteiger charge is -2.14. The van der Waals surface area contributed by atoms with Crippen LogP contribution in [0.25, 0.3) is 0 Å². The monoisotopic (exact) mass is 251 g/mol. The average Bonchev–Trinajstić information content (AvgIpc) is 2.38. The maximum absolute atomic E-state index is 11.7. The minimum Gasteiger partial charge on any atom is -0.494 e. The Balaban J connectivity index is 2.48. The van der Waals surface area contributed by atoms with Crippen molar-refractivity contribution in [2.75, 3.05) is 13.2 Å². The summed E-state index contributed by atoms with van der Waals surface area (Å²) in [6, 6.07) is 7.32. The van der Waals surface area contributed by atoms with Crippen LogP contribution in [0.1, 0.15) is 25.8 Å². The Kier molecular flexibility index (Phi) is 6.22. The van der Waals surface area contributed by atoms with Gasteiger partial charge in [0.25, 0.3) is 0 Å². The fourth-order valence-corrected chi connectivity index (χ4v) is 1.61. The molecule has 0 saturated heterocycles. The molecule has 4 heteroatoms. The molecule has 1 aromatic rings. The lowest BCUT2D eigenvalue weighted by Crippen LogP contribution is -2.37. The number of amides is 1. The van der Waals surface area contributed by atoms with Gasteiger partial charge >= 0.3 is 0 Å². The summed E-state index contributed by atoms with van der Waals surface area (Å²) < 4.78 is 5.33. The number of carbonyl (C=O) groups is 1. The van der Waals surface area contributed by atoms with Gasteiger partial charge in [-0.15, -0.1) is 0 Å². The Morgan fingerprint density at radius 3 is 2.50 bits per heavy atom. The third-order valence-electron chi connectivity index (χ3n) is 2.68. The Morgan fingerprint density at radius 1 is 1.33 bits per heavy atom. The molecule has 0 aliphatic carbocycles. The predicted molar refractivity (Wildman–Crippen MR) is 70.6 cm³/mol. The van der Waals surface area contributed by atoms with Crippen LogP contribution < -0.4 is 10.1 Å². The minimum atomic E-state index is -0.153. The first-order chi connectivity index (χ1) is 8.69. The van der Waals surface area contributed by atoms with Crippen molar-refractivity contribution in [3.8, 4) is 5.75 Å². The molecule has 4 nitrogen and oxygen atoms in total. The number of benzene rings is 1. The van der Waals surface area contributed by atoms with Crippen molar-refractivity contribution in [1.82, 2.24) is 5.32 Å². The number of carbonyl (C=O) groups excluding carboxylic acids is 1. The average molecular weight is 251 g/mol. The number of rotatable bonds is 7. The van der Waals surface area contributed by atoms with Crippen LogP contribution in [-0.4, -0.2) is 30.3 Å². The molecule has 0 saturated carbocycles. The zero-order valence-corrected chi connectivity index (χ0v) is 11.0. The lowest BCUT2D eigenvalue weighted by molar-refractivity contribution is -0.121. The van der Waals surface area contributed by atoms with Crippen LogP contribution in [0.5, 0.6) is 5.75 Å². The van der Waals surface area contributed by atoms with Crippen LogP contribution in [0.15, 0.2) is 24.3 Å². The van der Waals surface area contributed by atoms with Gasteiger partial charge in [-0.25, -0.2) is 0 Å². The van der Waals surface area contributed by atoms with Gasteiger partial charge in [-0.05, 0) is 31.0 Å². The van der Waals surface area contributed by atoms with Gasteiger partial charge in [0, 0.05) is 0 Å². The van der Waals surface area contributed by atoms with E-state index in [1.165, 1.54) is 0 Å². The van der Waals surface area contributed by atoms with Crippen molar-refractivity contribution < 1.29 is 14.6 Å². The molecule has 0 bridgehead atoms. The SMILES string of the molecule is CCOc1ccc(CC(=O)NC(CC)CO)cc1. The van der Waals surface area contributed by atoms with Crippen LogP contribution in [0.4, 0.5) is 0 Å². The number of ether oxygens (including phenoxy) is 1. The largest absolute Gasteiger partial charge is 0.494 e. The van der Waals surface area contributed by atoms with Gasteiger partial charge < -0.3 is 15.2 Å². The van der Waals surface area contributed by atoms with Crippen molar-refractivity contribution in [3.63, 3.8) is 0 Å². The smallest absolute Gasteiger partial charge is 0.224 e. The third kappa shape index (κ3) is 4.75. The van der Waals surface area contributed by atoms with Crippen LogP contribution in [0.3, 0.4) is 0 Å². The molecule has 1 aromatic carbocycles. The van der Waals surface area contributed by atoms with Gasteiger partial charge in [0.1, 0.15) is 5.75 Å². The molecule has 1 unspecified atom stereocenters. The summed E-state index contributed by atoms with van der Waals surface area (Å²) in [5.74, 6) is 0.739. The van der Waals surface area contributed by atoms with E-state index in [0.29, 0.717) is 13.0 Å². The highest BCUT2D eigenvalue weighted by Crippen LogP contribution is 2.12. The highest BCUT2D eigenvalue weighted by atomic mass is 16.5. The van der Waals surface area contributed by atoms with Gasteiger partial charge in [0.05, 0.1) is 25.7 Å². The lowest BCUT2D eigenvalue weighted by atomic mass is 10.1. The van der Waals surface area contributed by atoms with E-state index in [2.05, 4.69) is 5.32 Å². The molecule has 0 aromatic heterocycles. The van der Waals surface area contributed by atoms with E-state index in [9.17, 15) is 4.79 Å². The van der Waals surface area contributed by atoms with E-state index in [0.717, 1.165) is 17.7 Å².